The minimum absolute atomic E-state index is 0. The van der Waals surface area contributed by atoms with Gasteiger partial charge in [-0.1, -0.05) is 60.7 Å². The van der Waals surface area contributed by atoms with E-state index >= 15 is 0 Å². The molecule has 0 saturated carbocycles. The van der Waals surface area contributed by atoms with Crippen LogP contribution in [0.4, 0.5) is 0 Å². The fourth-order valence-corrected chi connectivity index (χ4v) is 6.41. The number of benzene rings is 2. The van der Waals surface area contributed by atoms with E-state index in [4.69, 9.17) is 0 Å². The van der Waals surface area contributed by atoms with Crippen LogP contribution in [-0.4, -0.2) is 99.7 Å². The predicted molar refractivity (Wildman–Crippen MR) is 140 cm³/mol. The van der Waals surface area contributed by atoms with Gasteiger partial charge in [0.2, 0.25) is 0 Å². The lowest BCUT2D eigenvalue weighted by molar-refractivity contribution is -0.553. The Labute approximate surface area is 243 Å². The lowest BCUT2D eigenvalue weighted by Crippen LogP contribution is -3.00. The minimum Gasteiger partial charge on any atom is -1.00 e. The maximum atomic E-state index is 2.69. The van der Waals surface area contributed by atoms with E-state index in [1.54, 1.807) is 0 Å². The molecule has 0 atom stereocenters. The largest absolute Gasteiger partial charge is 1.00 e. The monoisotopic (exact) mass is 630 g/mol. The molecule has 0 spiro atoms. The fraction of sp³-hybridized carbons (Fsp3) is 0.517. The molecule has 0 unspecified atom stereocenters. The molecule has 0 saturated heterocycles. The quantitative estimate of drug-likeness (QED) is 0.315. The molecule has 4 aliphatic rings. The van der Waals surface area contributed by atoms with Gasteiger partial charge in [-0.05, 0) is 11.1 Å². The molecule has 200 valence electrons. The molecule has 0 aliphatic carbocycles. The third-order valence-corrected chi connectivity index (χ3v) is 7.90. The lowest BCUT2D eigenvalue weighted by Gasteiger charge is -2.40. The van der Waals surface area contributed by atoms with Crippen LogP contribution in [0.1, 0.15) is 36.8 Å². The SMILES string of the molecule is [Br-].[Br-].c1ccc(CN2CCC[N+]3=C2N(CN2CCC[N+]4=C2N(Cc2ccccc2)CCC4)CCC3)cc1. The van der Waals surface area contributed by atoms with Crippen molar-refractivity contribution < 1.29 is 43.1 Å². The van der Waals surface area contributed by atoms with E-state index < -0.39 is 0 Å². The van der Waals surface area contributed by atoms with Gasteiger partial charge in [0.1, 0.15) is 0 Å². The van der Waals surface area contributed by atoms with Crippen molar-refractivity contribution in [2.24, 2.45) is 0 Å². The zero-order chi connectivity index (χ0) is 23.5. The molecule has 6 rings (SSSR count). The highest BCUT2D eigenvalue weighted by atomic mass is 79.9. The van der Waals surface area contributed by atoms with Crippen LogP contribution in [-0.2, 0) is 13.1 Å². The molecule has 2 aromatic rings. The van der Waals surface area contributed by atoms with Crippen LogP contribution in [0.2, 0.25) is 0 Å². The Kier molecular flexibility index (Phi) is 9.93. The molecule has 4 heterocycles. The zero-order valence-electron chi connectivity index (χ0n) is 21.8. The summed E-state index contributed by atoms with van der Waals surface area (Å²) in [6.07, 6.45) is 5.01. The predicted octanol–water partition coefficient (Wildman–Crippen LogP) is -3.09. The highest BCUT2D eigenvalue weighted by Gasteiger charge is 2.41. The Bertz CT molecular complexity index is 981. The number of hydrogen-bond acceptors (Lipinski definition) is 4. The number of rotatable bonds is 6. The van der Waals surface area contributed by atoms with Gasteiger partial charge in [-0.2, -0.15) is 0 Å². The first kappa shape index (κ1) is 28.0. The van der Waals surface area contributed by atoms with Crippen LogP contribution in [0.3, 0.4) is 0 Å². The van der Waals surface area contributed by atoms with E-state index in [-0.39, 0.29) is 34.0 Å². The average molecular weight is 632 g/mol. The van der Waals surface area contributed by atoms with E-state index in [9.17, 15) is 0 Å². The Morgan fingerprint density at radius 1 is 0.486 bits per heavy atom. The Morgan fingerprint density at radius 2 is 0.838 bits per heavy atom. The van der Waals surface area contributed by atoms with Gasteiger partial charge in [0.15, 0.2) is 6.67 Å². The Balaban J connectivity index is 0.00000160. The fourth-order valence-electron chi connectivity index (χ4n) is 6.41. The molecule has 0 radical (unpaired) electrons. The molecule has 6 nitrogen and oxygen atoms in total. The van der Waals surface area contributed by atoms with Gasteiger partial charge in [0, 0.05) is 25.7 Å². The van der Waals surface area contributed by atoms with E-state index in [1.165, 1.54) is 74.9 Å². The van der Waals surface area contributed by atoms with Crippen LogP contribution in [0.5, 0.6) is 0 Å². The van der Waals surface area contributed by atoms with Crippen LogP contribution in [0, 0.1) is 0 Å². The summed E-state index contributed by atoms with van der Waals surface area (Å²) in [6, 6.07) is 22.0. The maximum absolute atomic E-state index is 2.69. The smallest absolute Gasteiger partial charge is 0.353 e. The summed E-state index contributed by atoms with van der Waals surface area (Å²) in [5, 5.41) is 0. The first-order valence-electron chi connectivity index (χ1n) is 13.7. The third-order valence-electron chi connectivity index (χ3n) is 7.90. The van der Waals surface area contributed by atoms with Gasteiger partial charge in [-0.3, -0.25) is 19.0 Å². The van der Waals surface area contributed by atoms with Crippen molar-refractivity contribution in [3.63, 3.8) is 0 Å². The van der Waals surface area contributed by atoms with Gasteiger partial charge < -0.3 is 34.0 Å². The summed E-state index contributed by atoms with van der Waals surface area (Å²) in [7, 11) is 0. The van der Waals surface area contributed by atoms with Gasteiger partial charge in [0.25, 0.3) is 0 Å². The highest BCUT2D eigenvalue weighted by Crippen LogP contribution is 2.20. The van der Waals surface area contributed by atoms with E-state index in [1.807, 2.05) is 0 Å². The first-order chi connectivity index (χ1) is 17.3. The van der Waals surface area contributed by atoms with E-state index in [0.29, 0.717) is 0 Å². The van der Waals surface area contributed by atoms with E-state index in [0.717, 1.165) is 45.9 Å². The topological polar surface area (TPSA) is 19.0 Å². The van der Waals surface area contributed by atoms with Gasteiger partial charge in [-0.15, -0.1) is 0 Å². The summed E-state index contributed by atoms with van der Waals surface area (Å²) in [5.41, 5.74) is 2.82. The van der Waals surface area contributed by atoms with Gasteiger partial charge >= 0.3 is 11.9 Å². The normalized spacial score (nSPS) is 19.7. The van der Waals surface area contributed by atoms with Crippen molar-refractivity contribution >= 4 is 11.9 Å². The van der Waals surface area contributed by atoms with Crippen molar-refractivity contribution in [1.29, 1.82) is 0 Å². The van der Waals surface area contributed by atoms with Crippen LogP contribution >= 0.6 is 0 Å². The highest BCUT2D eigenvalue weighted by molar-refractivity contribution is 5.79. The van der Waals surface area contributed by atoms with Crippen LogP contribution in [0.15, 0.2) is 60.7 Å². The van der Waals surface area contributed by atoms with Gasteiger partial charge in [-0.25, -0.2) is 9.80 Å². The summed E-state index contributed by atoms with van der Waals surface area (Å²) in [6.45, 7) is 12.4. The zero-order valence-corrected chi connectivity index (χ0v) is 25.0. The second-order valence-corrected chi connectivity index (χ2v) is 10.5. The number of nitrogens with zero attached hydrogens (tertiary/aromatic N) is 6. The molecule has 0 aromatic heterocycles. The summed E-state index contributed by atoms with van der Waals surface area (Å²) >= 11 is 0. The standard InChI is InChI=1S/C29H40N6.2BrH/c1-3-11-26(12-4-1)23-32-19-7-15-30-17-9-21-34(28(30)32)25-35-22-10-18-31-16-8-20-33(29(31)35)24-27-13-5-2-6-14-27;;/h1-6,11-14H,7-10,15-25H2;2*1H/q+2;;/p-2. The molecular formula is C29H40Br2N6. The first-order valence-corrected chi connectivity index (χ1v) is 13.7. The van der Waals surface area contributed by atoms with Crippen LogP contribution < -0.4 is 34.0 Å². The van der Waals surface area contributed by atoms with Gasteiger partial charge in [0.05, 0.1) is 65.4 Å². The van der Waals surface area contributed by atoms with Crippen molar-refractivity contribution in [3.05, 3.63) is 71.8 Å². The van der Waals surface area contributed by atoms with Crippen molar-refractivity contribution in [2.45, 2.75) is 38.8 Å². The third kappa shape index (κ3) is 6.33. The molecule has 0 N–H and O–H groups in total. The molecule has 0 bridgehead atoms. The molecule has 0 fully saturated rings. The summed E-state index contributed by atoms with van der Waals surface area (Å²) < 4.78 is 5.32. The number of hydrogen-bond donors (Lipinski definition) is 0. The van der Waals surface area contributed by atoms with Crippen molar-refractivity contribution in [3.8, 4) is 0 Å². The lowest BCUT2D eigenvalue weighted by atomic mass is 10.1. The maximum Gasteiger partial charge on any atom is 0.353 e. The Hall–Kier alpha value is -2.06. The Morgan fingerprint density at radius 3 is 1.22 bits per heavy atom. The molecule has 2 aromatic carbocycles. The van der Waals surface area contributed by atoms with Crippen LogP contribution in [0.25, 0.3) is 0 Å². The average Bonchev–Trinajstić information content (AvgIpc) is 2.90. The summed E-state index contributed by atoms with van der Waals surface area (Å²) in [5.74, 6) is 2.93. The second kappa shape index (κ2) is 13.1. The number of halogens is 2. The molecule has 8 heteroatoms. The second-order valence-electron chi connectivity index (χ2n) is 10.5. The number of guanidine groups is 2. The minimum atomic E-state index is 0. The summed E-state index contributed by atoms with van der Waals surface area (Å²) in [4.78, 5) is 10.7. The van der Waals surface area contributed by atoms with Crippen molar-refractivity contribution in [2.75, 3.05) is 59.0 Å². The molecule has 0 amide bonds. The van der Waals surface area contributed by atoms with Crippen molar-refractivity contribution in [1.82, 2.24) is 19.6 Å². The van der Waals surface area contributed by atoms with E-state index in [2.05, 4.69) is 89.4 Å². The molecule has 37 heavy (non-hydrogen) atoms. The molecular weight excluding hydrogens is 592 g/mol. The molecule has 4 aliphatic heterocycles.